The lowest BCUT2D eigenvalue weighted by molar-refractivity contribution is -0.384. The van der Waals surface area contributed by atoms with Gasteiger partial charge in [0.25, 0.3) is 5.69 Å². The van der Waals surface area contributed by atoms with E-state index in [2.05, 4.69) is 20.5 Å². The van der Waals surface area contributed by atoms with Crippen molar-refractivity contribution in [1.29, 1.82) is 0 Å². The van der Waals surface area contributed by atoms with Gasteiger partial charge in [-0.2, -0.15) is 5.10 Å². The number of benzene rings is 2. The van der Waals surface area contributed by atoms with E-state index in [-0.39, 0.29) is 5.69 Å². The van der Waals surface area contributed by atoms with Crippen LogP contribution < -0.4 is 10.2 Å². The van der Waals surface area contributed by atoms with Gasteiger partial charge in [-0.15, -0.1) is 0 Å². The molecule has 4 aromatic rings. The smallest absolute Gasteiger partial charge is 0.273 e. The number of hydrogen-bond acceptors (Lipinski definition) is 7. The Balaban J connectivity index is 1.51. The van der Waals surface area contributed by atoms with Gasteiger partial charge in [-0.25, -0.2) is 10.4 Å². The predicted octanol–water partition coefficient (Wildman–Crippen LogP) is 4.19. The number of fused-ring (bicyclic) bond motifs is 1. The first-order chi connectivity index (χ1) is 13.6. The normalized spacial score (nSPS) is 11.2. The van der Waals surface area contributed by atoms with Crippen LogP contribution >= 0.6 is 0 Å². The van der Waals surface area contributed by atoms with Crippen LogP contribution in [0.3, 0.4) is 0 Å². The van der Waals surface area contributed by atoms with Gasteiger partial charge in [0.1, 0.15) is 17.3 Å². The van der Waals surface area contributed by atoms with E-state index >= 15 is 0 Å². The number of non-ortho nitro benzene ring substituents is 1. The summed E-state index contributed by atoms with van der Waals surface area (Å²) in [6, 6.07) is 15.5. The highest BCUT2D eigenvalue weighted by Gasteiger charge is 2.15. The molecule has 0 aliphatic carbocycles. The van der Waals surface area contributed by atoms with Crippen molar-refractivity contribution in [3.05, 3.63) is 70.5 Å². The second-order valence-electron chi connectivity index (χ2n) is 5.82. The molecule has 0 spiro atoms. The van der Waals surface area contributed by atoms with Gasteiger partial charge in [-0.05, 0) is 30.3 Å². The van der Waals surface area contributed by atoms with Gasteiger partial charge in [-0.1, -0.05) is 12.1 Å². The summed E-state index contributed by atoms with van der Waals surface area (Å²) in [7, 11) is 1.45. The third kappa shape index (κ3) is 3.40. The first-order valence-corrected chi connectivity index (χ1v) is 8.30. The van der Waals surface area contributed by atoms with E-state index in [1.54, 1.807) is 18.2 Å². The predicted molar refractivity (Wildman–Crippen MR) is 105 cm³/mol. The topological polar surface area (TPSA) is 119 Å². The third-order valence-corrected chi connectivity index (χ3v) is 4.04. The Morgan fingerprint density at radius 1 is 1.25 bits per heavy atom. The number of anilines is 1. The van der Waals surface area contributed by atoms with Crippen molar-refractivity contribution >= 4 is 28.9 Å². The molecule has 0 atom stereocenters. The van der Waals surface area contributed by atoms with Crippen LogP contribution in [-0.4, -0.2) is 28.2 Å². The van der Waals surface area contributed by atoms with Crippen LogP contribution in [0.1, 0.15) is 5.76 Å². The fourth-order valence-electron chi connectivity index (χ4n) is 2.73. The average Bonchev–Trinajstić information content (AvgIpc) is 3.34. The Bertz CT molecular complexity index is 1150. The fourth-order valence-corrected chi connectivity index (χ4v) is 2.73. The Labute approximate surface area is 158 Å². The van der Waals surface area contributed by atoms with Crippen molar-refractivity contribution < 1.29 is 14.1 Å². The van der Waals surface area contributed by atoms with Gasteiger partial charge in [0.2, 0.25) is 5.95 Å². The number of aromatic nitrogens is 2. The molecule has 0 amide bonds. The molecule has 9 heteroatoms. The quantitative estimate of drug-likeness (QED) is 0.295. The monoisotopic (exact) mass is 377 g/mol. The second-order valence-corrected chi connectivity index (χ2v) is 5.82. The molecule has 0 aliphatic rings. The number of rotatable bonds is 6. The maximum Gasteiger partial charge on any atom is 0.273 e. The summed E-state index contributed by atoms with van der Waals surface area (Å²) in [6.45, 7) is 0. The van der Waals surface area contributed by atoms with Crippen LogP contribution in [0.2, 0.25) is 0 Å². The van der Waals surface area contributed by atoms with Crippen LogP contribution in [-0.2, 0) is 0 Å². The molecule has 2 aromatic heterocycles. The molecule has 0 bridgehead atoms. The number of hydrogen-bond donors (Lipinski definition) is 2. The second kappa shape index (κ2) is 7.23. The van der Waals surface area contributed by atoms with Crippen LogP contribution in [0, 0.1) is 10.1 Å². The summed E-state index contributed by atoms with van der Waals surface area (Å²) in [5, 5.41) is 15.0. The number of nitrogens with zero attached hydrogens (tertiary/aromatic N) is 3. The highest BCUT2D eigenvalue weighted by Crippen LogP contribution is 2.34. The van der Waals surface area contributed by atoms with Crippen molar-refractivity contribution in [3.8, 4) is 17.1 Å². The lowest BCUT2D eigenvalue weighted by Gasteiger charge is -2.05. The van der Waals surface area contributed by atoms with Crippen molar-refractivity contribution in [2.24, 2.45) is 5.10 Å². The molecule has 9 nitrogen and oxygen atoms in total. The van der Waals surface area contributed by atoms with Gasteiger partial charge in [-0.3, -0.25) is 10.1 Å². The number of methoxy groups -OCH3 is 1. The molecule has 4 rings (SSSR count). The Kier molecular flexibility index (Phi) is 4.47. The third-order valence-electron chi connectivity index (χ3n) is 4.04. The van der Waals surface area contributed by atoms with Gasteiger partial charge < -0.3 is 14.1 Å². The lowest BCUT2D eigenvalue weighted by atomic mass is 10.1. The van der Waals surface area contributed by atoms with Crippen LogP contribution in [0.25, 0.3) is 22.4 Å². The zero-order valence-corrected chi connectivity index (χ0v) is 14.7. The maximum absolute atomic E-state index is 10.9. The first-order valence-electron chi connectivity index (χ1n) is 8.30. The Morgan fingerprint density at radius 2 is 2.11 bits per heavy atom. The Hall–Kier alpha value is -4.14. The molecule has 0 aliphatic heterocycles. The van der Waals surface area contributed by atoms with E-state index in [9.17, 15) is 10.1 Å². The minimum Gasteiger partial charge on any atom is -0.496 e. The minimum absolute atomic E-state index is 0.0519. The number of para-hydroxylation sites is 2. The van der Waals surface area contributed by atoms with E-state index in [4.69, 9.17) is 9.15 Å². The molecule has 2 aromatic carbocycles. The zero-order valence-electron chi connectivity index (χ0n) is 14.7. The molecule has 0 unspecified atom stereocenters. The SMILES string of the molecule is COc1cc([N+](=O)[O-])ccc1-c1ccc(C=NNc2nc3ccccc3[nH]2)o1. The number of nitro benzene ring substituents is 1. The summed E-state index contributed by atoms with van der Waals surface area (Å²) in [5.41, 5.74) is 5.12. The van der Waals surface area contributed by atoms with E-state index in [1.807, 2.05) is 24.3 Å². The van der Waals surface area contributed by atoms with Crippen molar-refractivity contribution in [1.82, 2.24) is 9.97 Å². The molecular weight excluding hydrogens is 362 g/mol. The fraction of sp³-hybridized carbons (Fsp3) is 0.0526. The number of H-pyrrole nitrogens is 1. The zero-order chi connectivity index (χ0) is 19.5. The van der Waals surface area contributed by atoms with Crippen LogP contribution in [0.5, 0.6) is 5.75 Å². The summed E-state index contributed by atoms with van der Waals surface area (Å²) in [4.78, 5) is 17.9. The molecule has 0 saturated heterocycles. The molecule has 0 radical (unpaired) electrons. The van der Waals surface area contributed by atoms with Gasteiger partial charge in [0.15, 0.2) is 0 Å². The standard InChI is InChI=1S/C19H15N5O4/c1-27-18-10-12(24(25)26)6-8-14(18)17-9-7-13(28-17)11-20-23-19-21-15-4-2-3-5-16(15)22-19/h2-11H,1H3,(H2,21,22,23). The van der Waals surface area contributed by atoms with Crippen molar-refractivity contribution in [2.45, 2.75) is 0 Å². The maximum atomic E-state index is 10.9. The summed E-state index contributed by atoms with van der Waals surface area (Å²) >= 11 is 0. The number of nitrogens with one attached hydrogen (secondary N) is 2. The highest BCUT2D eigenvalue weighted by atomic mass is 16.6. The average molecular weight is 377 g/mol. The number of imidazole rings is 1. The van der Waals surface area contributed by atoms with Crippen molar-refractivity contribution in [3.63, 3.8) is 0 Å². The number of furan rings is 1. The number of hydrazone groups is 1. The van der Waals surface area contributed by atoms with Gasteiger partial charge >= 0.3 is 0 Å². The highest BCUT2D eigenvalue weighted by molar-refractivity contribution is 5.80. The molecule has 28 heavy (non-hydrogen) atoms. The van der Waals surface area contributed by atoms with E-state index in [1.165, 1.54) is 25.5 Å². The molecule has 2 heterocycles. The lowest BCUT2D eigenvalue weighted by Crippen LogP contribution is -1.92. The first kappa shape index (κ1) is 17.3. The largest absolute Gasteiger partial charge is 0.496 e. The molecule has 0 fully saturated rings. The van der Waals surface area contributed by atoms with E-state index in [0.717, 1.165) is 11.0 Å². The van der Waals surface area contributed by atoms with Crippen LogP contribution in [0.4, 0.5) is 11.6 Å². The summed E-state index contributed by atoms with van der Waals surface area (Å²) < 4.78 is 11.0. The van der Waals surface area contributed by atoms with E-state index in [0.29, 0.717) is 28.8 Å². The summed E-state index contributed by atoms with van der Waals surface area (Å²) in [5.74, 6) is 1.88. The molecule has 2 N–H and O–H groups in total. The molecule has 0 saturated carbocycles. The molecular formula is C19H15N5O4. The summed E-state index contributed by atoms with van der Waals surface area (Å²) in [6.07, 6.45) is 1.51. The Morgan fingerprint density at radius 3 is 2.89 bits per heavy atom. The number of ether oxygens (including phenoxy) is 1. The van der Waals surface area contributed by atoms with Gasteiger partial charge in [0, 0.05) is 6.07 Å². The van der Waals surface area contributed by atoms with Crippen molar-refractivity contribution in [2.75, 3.05) is 12.5 Å². The minimum atomic E-state index is -0.476. The number of aromatic amines is 1. The van der Waals surface area contributed by atoms with Gasteiger partial charge in [0.05, 0.1) is 40.9 Å². The van der Waals surface area contributed by atoms with E-state index < -0.39 is 4.92 Å². The number of nitro groups is 1. The van der Waals surface area contributed by atoms with Crippen LogP contribution in [0.15, 0.2) is 64.1 Å². The molecule has 140 valence electrons.